The predicted molar refractivity (Wildman–Crippen MR) is 92.3 cm³/mol. The Morgan fingerprint density at radius 3 is 2.64 bits per heavy atom. The van der Waals surface area contributed by atoms with Crippen molar-refractivity contribution in [3.63, 3.8) is 0 Å². The molecule has 1 unspecified atom stereocenters. The number of nitrogens with zero attached hydrogens (tertiary/aromatic N) is 4. The highest BCUT2D eigenvalue weighted by Gasteiger charge is 2.21. The molecule has 128 valence electrons. The largest absolute Gasteiger partial charge is 0.395 e. The van der Waals surface area contributed by atoms with E-state index in [4.69, 9.17) is 5.11 Å². The summed E-state index contributed by atoms with van der Waals surface area (Å²) in [4.78, 5) is 2.21. The highest BCUT2D eigenvalue weighted by atomic mass is 32.2. The van der Waals surface area contributed by atoms with E-state index in [1.807, 2.05) is 0 Å². The van der Waals surface area contributed by atoms with Gasteiger partial charge in [-0.25, -0.2) is 0 Å². The Labute approximate surface area is 138 Å². The average Bonchev–Trinajstić information content (AvgIpc) is 2.88. The molecule has 0 saturated heterocycles. The normalized spacial score (nSPS) is 13.0. The first kappa shape index (κ1) is 19.4. The Morgan fingerprint density at radius 2 is 2.05 bits per heavy atom. The summed E-state index contributed by atoms with van der Waals surface area (Å²) >= 11 is 1.74. The fourth-order valence-corrected chi connectivity index (χ4v) is 3.25. The molecule has 0 aliphatic rings. The zero-order valence-electron chi connectivity index (χ0n) is 14.4. The van der Waals surface area contributed by atoms with Crippen molar-refractivity contribution in [1.82, 2.24) is 25.0 Å². The average molecular weight is 330 g/mol. The molecular weight excluding hydrogens is 298 g/mol. The molecule has 6 nitrogen and oxygen atoms in total. The van der Waals surface area contributed by atoms with Crippen LogP contribution in [-0.4, -0.2) is 64.3 Å². The van der Waals surface area contributed by atoms with Crippen molar-refractivity contribution in [2.24, 2.45) is 0 Å². The van der Waals surface area contributed by atoms with Crippen LogP contribution in [0.1, 0.15) is 45.0 Å². The molecule has 22 heavy (non-hydrogen) atoms. The molecule has 7 heteroatoms. The van der Waals surface area contributed by atoms with E-state index < -0.39 is 0 Å². The van der Waals surface area contributed by atoms with Crippen LogP contribution in [0.2, 0.25) is 0 Å². The van der Waals surface area contributed by atoms with E-state index >= 15 is 0 Å². The topological polar surface area (TPSA) is 66.2 Å². The van der Waals surface area contributed by atoms with Crippen molar-refractivity contribution in [3.05, 3.63) is 5.82 Å². The summed E-state index contributed by atoms with van der Waals surface area (Å²) in [5.41, 5.74) is 0. The van der Waals surface area contributed by atoms with Gasteiger partial charge in [0.1, 0.15) is 0 Å². The quantitative estimate of drug-likeness (QED) is 0.450. The van der Waals surface area contributed by atoms with Crippen molar-refractivity contribution in [1.29, 1.82) is 0 Å². The summed E-state index contributed by atoms with van der Waals surface area (Å²) in [6.07, 6.45) is 3.34. The minimum absolute atomic E-state index is 0.183. The second kappa shape index (κ2) is 11.0. The van der Waals surface area contributed by atoms with Gasteiger partial charge in [0.05, 0.1) is 12.6 Å². The van der Waals surface area contributed by atoms with Gasteiger partial charge in [0, 0.05) is 25.4 Å². The summed E-state index contributed by atoms with van der Waals surface area (Å²) in [7, 11) is 4.19. The molecule has 0 fully saturated rings. The number of aliphatic hydroxyl groups excluding tert-OH is 1. The molecular formula is C15H31N5OS. The van der Waals surface area contributed by atoms with Crippen LogP contribution in [0.4, 0.5) is 0 Å². The Morgan fingerprint density at radius 1 is 1.27 bits per heavy atom. The smallest absolute Gasteiger partial charge is 0.191 e. The maximum Gasteiger partial charge on any atom is 0.191 e. The summed E-state index contributed by atoms with van der Waals surface area (Å²) in [6, 6.07) is 0.311. The van der Waals surface area contributed by atoms with Crippen LogP contribution >= 0.6 is 11.8 Å². The van der Waals surface area contributed by atoms with Crippen LogP contribution in [-0.2, 0) is 6.54 Å². The fraction of sp³-hybridized carbons (Fsp3) is 0.867. The van der Waals surface area contributed by atoms with Crippen LogP contribution < -0.4 is 5.32 Å². The lowest BCUT2D eigenvalue weighted by Gasteiger charge is -2.23. The molecule has 1 atom stereocenters. The predicted octanol–water partition coefficient (Wildman–Crippen LogP) is 1.76. The number of aliphatic hydroxyl groups is 1. The summed E-state index contributed by atoms with van der Waals surface area (Å²) in [5.74, 6) is 2.01. The molecule has 0 aliphatic carbocycles. The molecule has 0 aliphatic heterocycles. The van der Waals surface area contributed by atoms with Crippen LogP contribution in [0.25, 0.3) is 0 Å². The second-order valence-electron chi connectivity index (χ2n) is 5.56. The number of unbranched alkanes of at least 4 members (excludes halogenated alkanes) is 1. The minimum atomic E-state index is 0.183. The highest BCUT2D eigenvalue weighted by Crippen LogP contribution is 2.25. The van der Waals surface area contributed by atoms with Crippen LogP contribution in [0, 0.1) is 0 Å². The minimum Gasteiger partial charge on any atom is -0.395 e. The molecule has 0 amide bonds. The molecule has 2 N–H and O–H groups in total. The van der Waals surface area contributed by atoms with Gasteiger partial charge in [-0.3, -0.25) is 4.90 Å². The van der Waals surface area contributed by atoms with E-state index in [0.717, 1.165) is 42.7 Å². The van der Waals surface area contributed by atoms with Crippen molar-refractivity contribution in [2.75, 3.05) is 39.5 Å². The van der Waals surface area contributed by atoms with E-state index in [1.165, 1.54) is 6.42 Å². The summed E-state index contributed by atoms with van der Waals surface area (Å²) < 4.78 is 2.29. The lowest BCUT2D eigenvalue weighted by Crippen LogP contribution is -2.23. The molecule has 1 aromatic rings. The van der Waals surface area contributed by atoms with E-state index in [-0.39, 0.29) is 6.61 Å². The third kappa shape index (κ3) is 5.87. The van der Waals surface area contributed by atoms with Gasteiger partial charge in [-0.1, -0.05) is 32.0 Å². The lowest BCUT2D eigenvalue weighted by molar-refractivity contribution is 0.270. The molecule has 1 rings (SSSR count). The first-order chi connectivity index (χ1) is 10.7. The van der Waals surface area contributed by atoms with Gasteiger partial charge in [-0.15, -0.1) is 10.2 Å². The molecule has 0 saturated carbocycles. The third-order valence-corrected chi connectivity index (χ3v) is 4.56. The van der Waals surface area contributed by atoms with Gasteiger partial charge < -0.3 is 15.0 Å². The first-order valence-corrected chi connectivity index (χ1v) is 9.18. The molecule has 1 heterocycles. The Kier molecular flexibility index (Phi) is 9.70. The van der Waals surface area contributed by atoms with Gasteiger partial charge in [-0.05, 0) is 26.9 Å². The molecule has 0 spiro atoms. The first-order valence-electron chi connectivity index (χ1n) is 8.19. The Hall–Kier alpha value is -0.630. The van der Waals surface area contributed by atoms with Gasteiger partial charge in [0.2, 0.25) is 0 Å². The number of hydrogen-bond acceptors (Lipinski definition) is 6. The standard InChI is InChI=1S/C15H31N5OS/c1-5-7-10-20-14(13(6-2)19(3)4)17-18-15(20)22-12-9-16-8-11-21/h13,16,21H,5-12H2,1-4H3. The zero-order valence-corrected chi connectivity index (χ0v) is 15.2. The van der Waals surface area contributed by atoms with Gasteiger partial charge in [0.15, 0.2) is 11.0 Å². The van der Waals surface area contributed by atoms with Crippen LogP contribution in [0.5, 0.6) is 0 Å². The summed E-state index contributed by atoms with van der Waals surface area (Å²) in [6.45, 7) is 7.07. The third-order valence-electron chi connectivity index (χ3n) is 3.59. The van der Waals surface area contributed by atoms with E-state index in [2.05, 4.69) is 52.9 Å². The van der Waals surface area contributed by atoms with E-state index in [1.54, 1.807) is 11.8 Å². The zero-order chi connectivity index (χ0) is 16.4. The van der Waals surface area contributed by atoms with Gasteiger partial charge >= 0.3 is 0 Å². The molecule has 0 radical (unpaired) electrons. The van der Waals surface area contributed by atoms with Crippen molar-refractivity contribution < 1.29 is 5.11 Å². The lowest BCUT2D eigenvalue weighted by atomic mass is 10.2. The van der Waals surface area contributed by atoms with Crippen molar-refractivity contribution >= 4 is 11.8 Å². The fourth-order valence-electron chi connectivity index (χ4n) is 2.38. The Bertz CT molecular complexity index is 411. The Balaban J connectivity index is 2.76. The SMILES string of the molecule is CCCCn1c(SCCNCCO)nnc1C(CC)N(C)C. The molecule has 1 aromatic heterocycles. The van der Waals surface area contributed by atoms with Gasteiger partial charge in [-0.2, -0.15) is 0 Å². The van der Waals surface area contributed by atoms with Crippen LogP contribution in [0.3, 0.4) is 0 Å². The number of rotatable bonds is 12. The number of thioether (sulfide) groups is 1. The monoisotopic (exact) mass is 329 g/mol. The van der Waals surface area contributed by atoms with Gasteiger partial charge in [0.25, 0.3) is 0 Å². The molecule has 0 aromatic carbocycles. The number of nitrogens with one attached hydrogen (secondary N) is 1. The molecule has 0 bridgehead atoms. The number of hydrogen-bond donors (Lipinski definition) is 2. The summed E-state index contributed by atoms with van der Waals surface area (Å²) in [5, 5.41) is 21.8. The van der Waals surface area contributed by atoms with Crippen molar-refractivity contribution in [3.8, 4) is 0 Å². The second-order valence-corrected chi connectivity index (χ2v) is 6.62. The highest BCUT2D eigenvalue weighted by molar-refractivity contribution is 7.99. The van der Waals surface area contributed by atoms with E-state index in [9.17, 15) is 0 Å². The maximum absolute atomic E-state index is 8.77. The van der Waals surface area contributed by atoms with E-state index in [0.29, 0.717) is 12.6 Å². The maximum atomic E-state index is 8.77. The number of aromatic nitrogens is 3. The van der Waals surface area contributed by atoms with Crippen LogP contribution in [0.15, 0.2) is 5.16 Å². The van der Waals surface area contributed by atoms with Crippen molar-refractivity contribution in [2.45, 2.75) is 50.9 Å².